The highest BCUT2D eigenvalue weighted by molar-refractivity contribution is 9.10. The van der Waals surface area contributed by atoms with E-state index in [1.165, 1.54) is 0 Å². The summed E-state index contributed by atoms with van der Waals surface area (Å²) in [6.45, 7) is 1.86. The first-order valence-electron chi connectivity index (χ1n) is 7.46. The van der Waals surface area contributed by atoms with Gasteiger partial charge < -0.3 is 14.8 Å². The van der Waals surface area contributed by atoms with Crippen LogP contribution in [0.5, 0.6) is 0 Å². The fourth-order valence-electron chi connectivity index (χ4n) is 3.01. The van der Waals surface area contributed by atoms with E-state index in [1.54, 1.807) is 18.7 Å². The fraction of sp³-hybridized carbons (Fsp3) is 0.333. The van der Waals surface area contributed by atoms with Crippen molar-refractivity contribution >= 4 is 38.7 Å². The lowest BCUT2D eigenvalue weighted by atomic mass is 10.2. The number of nitrogens with one attached hydrogen (secondary N) is 1. The first-order chi connectivity index (χ1) is 11.2. The molecule has 8 heteroatoms. The summed E-state index contributed by atoms with van der Waals surface area (Å²) >= 11 is 3.37. The van der Waals surface area contributed by atoms with Gasteiger partial charge in [-0.05, 0) is 28.4 Å². The Hall–Kier alpha value is -2.22. The lowest BCUT2D eigenvalue weighted by Gasteiger charge is -2.25. The summed E-state index contributed by atoms with van der Waals surface area (Å²) in [6.07, 6.45) is 8.12. The van der Waals surface area contributed by atoms with E-state index in [0.29, 0.717) is 6.04 Å². The molecule has 0 radical (unpaired) electrons. The molecular formula is C15H16BrN7. The zero-order chi connectivity index (χ0) is 15.8. The zero-order valence-electron chi connectivity index (χ0n) is 12.6. The van der Waals surface area contributed by atoms with Gasteiger partial charge in [0.05, 0.1) is 15.9 Å². The minimum Gasteiger partial charge on any atom is -0.354 e. The molecule has 1 N–H and O–H groups in total. The van der Waals surface area contributed by atoms with Gasteiger partial charge in [-0.1, -0.05) is 0 Å². The van der Waals surface area contributed by atoms with Crippen molar-refractivity contribution in [1.29, 1.82) is 0 Å². The lowest BCUT2D eigenvalue weighted by molar-refractivity contribution is 0.674. The van der Waals surface area contributed by atoms with Crippen LogP contribution in [0.25, 0.3) is 11.0 Å². The van der Waals surface area contributed by atoms with Crippen molar-refractivity contribution in [2.45, 2.75) is 12.5 Å². The van der Waals surface area contributed by atoms with E-state index in [0.717, 1.165) is 46.8 Å². The van der Waals surface area contributed by atoms with Crippen LogP contribution in [0.1, 0.15) is 6.42 Å². The van der Waals surface area contributed by atoms with Crippen LogP contribution in [0, 0.1) is 0 Å². The number of rotatable bonds is 3. The summed E-state index contributed by atoms with van der Waals surface area (Å²) in [5, 5.41) is 1.07. The predicted molar refractivity (Wildman–Crippen MR) is 92.6 cm³/mol. The Balaban J connectivity index is 1.55. The highest BCUT2D eigenvalue weighted by atomic mass is 79.9. The van der Waals surface area contributed by atoms with Gasteiger partial charge in [-0.15, -0.1) is 0 Å². The number of aromatic nitrogens is 5. The summed E-state index contributed by atoms with van der Waals surface area (Å²) < 4.78 is 0.888. The predicted octanol–water partition coefficient (Wildman–Crippen LogP) is 2.23. The Bertz CT molecular complexity index is 816. The smallest absolute Gasteiger partial charge is 0.225 e. The van der Waals surface area contributed by atoms with Gasteiger partial charge in [0, 0.05) is 38.7 Å². The van der Waals surface area contributed by atoms with E-state index in [1.807, 2.05) is 19.3 Å². The Labute approximate surface area is 141 Å². The van der Waals surface area contributed by atoms with Crippen molar-refractivity contribution in [2.24, 2.45) is 0 Å². The summed E-state index contributed by atoms with van der Waals surface area (Å²) in [4.78, 5) is 25.1. The number of nitrogens with zero attached hydrogens (tertiary/aromatic N) is 6. The number of anilines is 2. The molecule has 0 aliphatic carbocycles. The lowest BCUT2D eigenvalue weighted by Crippen LogP contribution is -2.35. The highest BCUT2D eigenvalue weighted by Gasteiger charge is 2.29. The number of aromatic amines is 1. The number of fused-ring (bicyclic) bond motifs is 1. The first-order valence-corrected chi connectivity index (χ1v) is 8.25. The Morgan fingerprint density at radius 3 is 2.91 bits per heavy atom. The molecule has 23 heavy (non-hydrogen) atoms. The molecule has 118 valence electrons. The van der Waals surface area contributed by atoms with Crippen LogP contribution in [0.2, 0.25) is 0 Å². The second-order valence-electron chi connectivity index (χ2n) is 5.64. The molecule has 0 bridgehead atoms. The molecule has 4 heterocycles. The largest absolute Gasteiger partial charge is 0.354 e. The average Bonchev–Trinajstić information content (AvgIpc) is 3.24. The van der Waals surface area contributed by atoms with Crippen LogP contribution < -0.4 is 9.80 Å². The molecule has 1 saturated heterocycles. The van der Waals surface area contributed by atoms with Crippen molar-refractivity contribution in [3.63, 3.8) is 0 Å². The third-order valence-corrected chi connectivity index (χ3v) is 4.68. The van der Waals surface area contributed by atoms with Crippen molar-refractivity contribution in [3.05, 3.63) is 35.5 Å². The summed E-state index contributed by atoms with van der Waals surface area (Å²) in [5.41, 5.74) is 0.878. The summed E-state index contributed by atoms with van der Waals surface area (Å²) in [7, 11) is 2.04. The topological polar surface area (TPSA) is 73.8 Å². The molecule has 1 aliphatic heterocycles. The molecule has 0 amide bonds. The molecule has 1 aliphatic rings. The van der Waals surface area contributed by atoms with Gasteiger partial charge in [-0.25, -0.2) is 19.9 Å². The molecular weight excluding hydrogens is 358 g/mol. The van der Waals surface area contributed by atoms with Gasteiger partial charge >= 0.3 is 0 Å². The maximum absolute atomic E-state index is 4.48. The molecule has 1 fully saturated rings. The quantitative estimate of drug-likeness (QED) is 0.758. The minimum atomic E-state index is 0.361. The van der Waals surface area contributed by atoms with Gasteiger partial charge in [0.1, 0.15) is 17.8 Å². The fourth-order valence-corrected chi connectivity index (χ4v) is 3.22. The maximum Gasteiger partial charge on any atom is 0.225 e. The SMILES string of the molecule is CN(c1ncc(Br)cn1)C1CCN(c2ncnc3[nH]ccc23)C1. The van der Waals surface area contributed by atoms with Crippen LogP contribution in [0.15, 0.2) is 35.5 Å². The number of halogens is 1. The van der Waals surface area contributed by atoms with Crippen molar-refractivity contribution in [2.75, 3.05) is 29.9 Å². The Kier molecular flexibility index (Phi) is 3.60. The molecule has 3 aromatic rings. The van der Waals surface area contributed by atoms with Crippen LogP contribution in [-0.2, 0) is 0 Å². The van der Waals surface area contributed by atoms with Crippen molar-refractivity contribution < 1.29 is 0 Å². The van der Waals surface area contributed by atoms with Gasteiger partial charge in [-0.2, -0.15) is 0 Å². The van der Waals surface area contributed by atoms with Crippen molar-refractivity contribution in [3.8, 4) is 0 Å². The highest BCUT2D eigenvalue weighted by Crippen LogP contribution is 2.27. The maximum atomic E-state index is 4.48. The van der Waals surface area contributed by atoms with E-state index >= 15 is 0 Å². The molecule has 1 unspecified atom stereocenters. The van der Waals surface area contributed by atoms with Gasteiger partial charge in [0.15, 0.2) is 0 Å². The second-order valence-corrected chi connectivity index (χ2v) is 6.55. The molecule has 7 nitrogen and oxygen atoms in total. The Morgan fingerprint density at radius 1 is 1.26 bits per heavy atom. The van der Waals surface area contributed by atoms with E-state index in [-0.39, 0.29) is 0 Å². The molecule has 0 saturated carbocycles. The van der Waals surface area contributed by atoms with E-state index in [4.69, 9.17) is 0 Å². The third-order valence-electron chi connectivity index (χ3n) is 4.27. The Morgan fingerprint density at radius 2 is 2.09 bits per heavy atom. The molecule has 0 spiro atoms. The normalized spacial score (nSPS) is 17.8. The van der Waals surface area contributed by atoms with Gasteiger partial charge in [0.2, 0.25) is 5.95 Å². The van der Waals surface area contributed by atoms with Crippen molar-refractivity contribution in [1.82, 2.24) is 24.9 Å². The molecule has 3 aromatic heterocycles. The monoisotopic (exact) mass is 373 g/mol. The summed E-state index contributed by atoms with van der Waals surface area (Å²) in [5.74, 6) is 1.73. The van der Waals surface area contributed by atoms with E-state index in [2.05, 4.69) is 50.6 Å². The van der Waals surface area contributed by atoms with Crippen LogP contribution in [0.3, 0.4) is 0 Å². The minimum absolute atomic E-state index is 0.361. The zero-order valence-corrected chi connectivity index (χ0v) is 14.2. The third kappa shape index (κ3) is 2.63. The van der Waals surface area contributed by atoms with E-state index in [9.17, 15) is 0 Å². The van der Waals surface area contributed by atoms with Crippen LogP contribution in [-0.4, -0.2) is 51.1 Å². The number of hydrogen-bond donors (Lipinski definition) is 1. The summed E-state index contributed by atoms with van der Waals surface area (Å²) in [6, 6.07) is 2.39. The number of likely N-dealkylation sites (N-methyl/N-ethyl adjacent to an activating group) is 1. The molecule has 1 atom stereocenters. The molecule has 0 aromatic carbocycles. The molecule has 4 rings (SSSR count). The van der Waals surface area contributed by atoms with Gasteiger partial charge in [0.25, 0.3) is 0 Å². The van der Waals surface area contributed by atoms with Crippen LogP contribution >= 0.6 is 15.9 Å². The average molecular weight is 374 g/mol. The van der Waals surface area contributed by atoms with Gasteiger partial charge in [-0.3, -0.25) is 0 Å². The second kappa shape index (κ2) is 5.77. The first kappa shape index (κ1) is 14.4. The standard InChI is InChI=1S/C15H16BrN7/c1-22(15-18-6-10(16)7-19-15)11-3-5-23(8-11)14-12-2-4-17-13(12)20-9-21-14/h2,4,6-7,9,11H,3,5,8H2,1H3,(H,17,20,21). The van der Waals surface area contributed by atoms with E-state index < -0.39 is 0 Å². The number of H-pyrrole nitrogens is 1. The van der Waals surface area contributed by atoms with Crippen LogP contribution in [0.4, 0.5) is 11.8 Å². The number of hydrogen-bond acceptors (Lipinski definition) is 6.